The third-order valence-electron chi connectivity index (χ3n) is 2.72. The van der Waals surface area contributed by atoms with Crippen molar-refractivity contribution in [2.75, 3.05) is 0 Å². The minimum atomic E-state index is -0.730. The van der Waals surface area contributed by atoms with Gasteiger partial charge in [0.05, 0.1) is 17.2 Å². The predicted molar refractivity (Wildman–Crippen MR) is 63.7 cm³/mol. The summed E-state index contributed by atoms with van der Waals surface area (Å²) in [6.07, 6.45) is 5.76. The summed E-state index contributed by atoms with van der Waals surface area (Å²) >= 11 is 3.32. The number of carbonyl (C=O) groups is 1. The highest BCUT2D eigenvalue weighted by Crippen LogP contribution is 2.23. The Kier molecular flexibility index (Phi) is 3.03. The third-order valence-corrected chi connectivity index (χ3v) is 3.13. The van der Waals surface area contributed by atoms with Gasteiger partial charge in [-0.25, -0.2) is 0 Å². The molecule has 1 atom stereocenters. The number of hydrogen-bond donors (Lipinski definition) is 2. The van der Waals surface area contributed by atoms with Crippen molar-refractivity contribution in [3.05, 3.63) is 16.9 Å². The Morgan fingerprint density at radius 2 is 2.50 bits per heavy atom. The number of amides is 1. The summed E-state index contributed by atoms with van der Waals surface area (Å²) < 4.78 is 2.61. The second kappa shape index (κ2) is 4.18. The molecule has 0 aromatic carbocycles. The molecule has 5 nitrogen and oxygen atoms in total. The first-order chi connectivity index (χ1) is 7.49. The van der Waals surface area contributed by atoms with E-state index in [1.54, 1.807) is 10.9 Å². The van der Waals surface area contributed by atoms with Crippen LogP contribution >= 0.6 is 15.9 Å². The Bertz CT molecular complexity index is 401. The molecule has 16 heavy (non-hydrogen) atoms. The fraction of sp³-hybridized carbons (Fsp3) is 0.600. The van der Waals surface area contributed by atoms with Gasteiger partial charge < -0.3 is 5.73 Å². The lowest BCUT2D eigenvalue weighted by molar-refractivity contribution is -0.124. The van der Waals surface area contributed by atoms with E-state index < -0.39 is 5.54 Å². The van der Waals surface area contributed by atoms with E-state index in [1.807, 2.05) is 13.1 Å². The standard InChI is InChI=1S/C10H15BrN4O/c1-10(9(12)16,14-8-2-3-8)6-15-5-7(11)4-13-15/h4-5,8,14H,2-3,6H2,1H3,(H2,12,16). The van der Waals surface area contributed by atoms with Crippen molar-refractivity contribution in [1.29, 1.82) is 0 Å². The summed E-state index contributed by atoms with van der Waals surface area (Å²) in [5.41, 5.74) is 4.72. The summed E-state index contributed by atoms with van der Waals surface area (Å²) in [7, 11) is 0. The van der Waals surface area contributed by atoms with E-state index in [0.717, 1.165) is 17.3 Å². The minimum Gasteiger partial charge on any atom is -0.368 e. The molecule has 88 valence electrons. The highest BCUT2D eigenvalue weighted by Gasteiger charge is 2.37. The monoisotopic (exact) mass is 286 g/mol. The Balaban J connectivity index is 2.09. The van der Waals surface area contributed by atoms with E-state index in [-0.39, 0.29) is 5.91 Å². The molecular formula is C10H15BrN4O. The molecule has 0 radical (unpaired) electrons. The number of nitrogens with two attached hydrogens (primary N) is 1. The van der Waals surface area contributed by atoms with E-state index in [9.17, 15) is 4.79 Å². The zero-order valence-electron chi connectivity index (χ0n) is 9.11. The van der Waals surface area contributed by atoms with Gasteiger partial charge in [0.1, 0.15) is 5.54 Å². The molecule has 1 aromatic heterocycles. The van der Waals surface area contributed by atoms with Gasteiger partial charge in [-0.2, -0.15) is 5.10 Å². The average Bonchev–Trinajstić information content (AvgIpc) is 2.89. The molecule has 1 aliphatic carbocycles. The maximum absolute atomic E-state index is 11.5. The Labute approximate surface area is 103 Å². The number of nitrogens with zero attached hydrogens (tertiary/aromatic N) is 2. The molecule has 1 fully saturated rings. The van der Waals surface area contributed by atoms with Gasteiger partial charge in [0.25, 0.3) is 0 Å². The maximum atomic E-state index is 11.5. The molecule has 0 bridgehead atoms. The van der Waals surface area contributed by atoms with Crippen LogP contribution in [-0.2, 0) is 11.3 Å². The number of hydrogen-bond acceptors (Lipinski definition) is 3. The zero-order chi connectivity index (χ0) is 11.8. The molecule has 1 saturated carbocycles. The first kappa shape index (κ1) is 11.6. The first-order valence-electron chi connectivity index (χ1n) is 5.25. The van der Waals surface area contributed by atoms with Crippen LogP contribution in [0.15, 0.2) is 16.9 Å². The fourth-order valence-electron chi connectivity index (χ4n) is 1.62. The number of nitrogens with one attached hydrogen (secondary N) is 1. The molecule has 2 rings (SSSR count). The van der Waals surface area contributed by atoms with E-state index in [0.29, 0.717) is 12.6 Å². The first-order valence-corrected chi connectivity index (χ1v) is 6.04. The van der Waals surface area contributed by atoms with Gasteiger partial charge in [-0.15, -0.1) is 0 Å². The second-order valence-corrected chi connectivity index (χ2v) is 5.39. The van der Waals surface area contributed by atoms with Crippen LogP contribution in [0.3, 0.4) is 0 Å². The summed E-state index contributed by atoms with van der Waals surface area (Å²) in [4.78, 5) is 11.5. The van der Waals surface area contributed by atoms with Crippen LogP contribution in [0.4, 0.5) is 0 Å². The highest BCUT2D eigenvalue weighted by atomic mass is 79.9. The number of aromatic nitrogens is 2. The molecule has 1 heterocycles. The van der Waals surface area contributed by atoms with Crippen molar-refractivity contribution in [1.82, 2.24) is 15.1 Å². The topological polar surface area (TPSA) is 72.9 Å². The van der Waals surface area contributed by atoms with Crippen LogP contribution in [0.25, 0.3) is 0 Å². The van der Waals surface area contributed by atoms with Crippen molar-refractivity contribution in [3.8, 4) is 0 Å². The van der Waals surface area contributed by atoms with Crippen molar-refractivity contribution >= 4 is 21.8 Å². The zero-order valence-corrected chi connectivity index (χ0v) is 10.7. The lowest BCUT2D eigenvalue weighted by Crippen LogP contribution is -2.56. The lowest BCUT2D eigenvalue weighted by atomic mass is 10.0. The molecule has 1 unspecified atom stereocenters. The van der Waals surface area contributed by atoms with E-state index in [1.165, 1.54) is 0 Å². The van der Waals surface area contributed by atoms with Gasteiger partial charge in [-0.3, -0.25) is 14.8 Å². The number of rotatable bonds is 5. The Morgan fingerprint density at radius 1 is 1.81 bits per heavy atom. The molecule has 0 aliphatic heterocycles. The molecule has 3 N–H and O–H groups in total. The predicted octanol–water partition coefficient (Wildman–Crippen LogP) is 0.642. The van der Waals surface area contributed by atoms with Crippen molar-refractivity contribution < 1.29 is 4.79 Å². The summed E-state index contributed by atoms with van der Waals surface area (Å²) in [6, 6.07) is 0.427. The molecule has 1 aliphatic rings. The SMILES string of the molecule is CC(Cn1cc(Br)cn1)(NC1CC1)C(N)=O. The van der Waals surface area contributed by atoms with Crippen LogP contribution < -0.4 is 11.1 Å². The second-order valence-electron chi connectivity index (χ2n) is 4.47. The third kappa shape index (κ3) is 2.62. The molecular weight excluding hydrogens is 272 g/mol. The molecule has 6 heteroatoms. The molecule has 0 saturated heterocycles. The maximum Gasteiger partial charge on any atom is 0.239 e. The van der Waals surface area contributed by atoms with Crippen LogP contribution in [0.2, 0.25) is 0 Å². The molecule has 0 spiro atoms. The fourth-order valence-corrected chi connectivity index (χ4v) is 1.95. The molecule has 1 aromatic rings. The number of primary amides is 1. The van der Waals surface area contributed by atoms with Gasteiger partial charge in [0.15, 0.2) is 0 Å². The van der Waals surface area contributed by atoms with Crippen LogP contribution in [-0.4, -0.2) is 27.3 Å². The molecule has 1 amide bonds. The van der Waals surface area contributed by atoms with Gasteiger partial charge in [0.2, 0.25) is 5.91 Å². The quantitative estimate of drug-likeness (QED) is 0.834. The minimum absolute atomic E-state index is 0.342. The van der Waals surface area contributed by atoms with E-state index >= 15 is 0 Å². The van der Waals surface area contributed by atoms with E-state index in [2.05, 4.69) is 26.3 Å². The number of carbonyl (C=O) groups excluding carboxylic acids is 1. The van der Waals surface area contributed by atoms with Crippen molar-refractivity contribution in [2.45, 2.75) is 37.9 Å². The summed E-state index contributed by atoms with van der Waals surface area (Å²) in [5, 5.41) is 7.41. The average molecular weight is 287 g/mol. The smallest absolute Gasteiger partial charge is 0.239 e. The van der Waals surface area contributed by atoms with Crippen LogP contribution in [0.5, 0.6) is 0 Å². The van der Waals surface area contributed by atoms with Gasteiger partial charge >= 0.3 is 0 Å². The summed E-state index contributed by atoms with van der Waals surface area (Å²) in [5.74, 6) is -0.342. The Hall–Kier alpha value is -0.880. The highest BCUT2D eigenvalue weighted by molar-refractivity contribution is 9.10. The lowest BCUT2D eigenvalue weighted by Gasteiger charge is -2.27. The normalized spacial score (nSPS) is 19.4. The summed E-state index contributed by atoms with van der Waals surface area (Å²) in [6.45, 7) is 2.27. The van der Waals surface area contributed by atoms with Gasteiger partial charge in [-0.1, -0.05) is 0 Å². The number of halogens is 1. The van der Waals surface area contributed by atoms with Crippen LogP contribution in [0.1, 0.15) is 19.8 Å². The Morgan fingerprint density at radius 3 is 2.94 bits per heavy atom. The van der Waals surface area contributed by atoms with Gasteiger partial charge in [-0.05, 0) is 35.7 Å². The largest absolute Gasteiger partial charge is 0.368 e. The van der Waals surface area contributed by atoms with Crippen molar-refractivity contribution in [3.63, 3.8) is 0 Å². The van der Waals surface area contributed by atoms with Gasteiger partial charge in [0, 0.05) is 12.2 Å². The van der Waals surface area contributed by atoms with Crippen molar-refractivity contribution in [2.24, 2.45) is 5.73 Å². The van der Waals surface area contributed by atoms with Crippen LogP contribution in [0, 0.1) is 0 Å². The van der Waals surface area contributed by atoms with E-state index in [4.69, 9.17) is 5.73 Å².